The lowest BCUT2D eigenvalue weighted by Crippen LogP contribution is -2.16. The largest absolute Gasteiger partial charge is 0.476 e. The summed E-state index contributed by atoms with van der Waals surface area (Å²) in [7, 11) is 1.56. The van der Waals surface area contributed by atoms with Gasteiger partial charge in [0.1, 0.15) is 11.5 Å². The van der Waals surface area contributed by atoms with E-state index in [2.05, 4.69) is 15.5 Å². The van der Waals surface area contributed by atoms with Gasteiger partial charge < -0.3 is 15.2 Å². The van der Waals surface area contributed by atoms with E-state index in [1.54, 1.807) is 18.7 Å². The van der Waals surface area contributed by atoms with Crippen LogP contribution in [0, 0.1) is 13.8 Å². The van der Waals surface area contributed by atoms with Gasteiger partial charge in [-0.25, -0.2) is 4.79 Å². The molecule has 9 nitrogen and oxygen atoms in total. The number of rotatable bonds is 7. The molecule has 2 heterocycles. The number of carbonyl (C=O) groups is 2. The van der Waals surface area contributed by atoms with E-state index < -0.39 is 11.9 Å². The molecule has 0 saturated carbocycles. The van der Waals surface area contributed by atoms with Crippen LogP contribution in [0.1, 0.15) is 37.8 Å². The summed E-state index contributed by atoms with van der Waals surface area (Å²) in [5.41, 5.74) is 2.58. The maximum atomic E-state index is 12.8. The first-order valence-electron chi connectivity index (χ1n) is 10.3. The molecule has 4 rings (SSSR count). The molecule has 2 aromatic heterocycles. The Kier molecular flexibility index (Phi) is 5.95. The van der Waals surface area contributed by atoms with Gasteiger partial charge in [-0.05, 0) is 43.7 Å². The summed E-state index contributed by atoms with van der Waals surface area (Å²) in [6.45, 7) is 4.11. The summed E-state index contributed by atoms with van der Waals surface area (Å²) < 4.78 is 8.99. The Hall–Kier alpha value is -4.40. The first-order chi connectivity index (χ1) is 15.8. The first-order valence-corrected chi connectivity index (χ1v) is 10.3. The molecule has 1 amide bonds. The Balaban J connectivity index is 1.53. The second-order valence-corrected chi connectivity index (χ2v) is 7.59. The zero-order chi connectivity index (χ0) is 23.5. The van der Waals surface area contributed by atoms with Crippen LogP contribution < -0.4 is 10.1 Å². The van der Waals surface area contributed by atoms with Gasteiger partial charge in [-0.1, -0.05) is 30.3 Å². The number of hydrogen-bond acceptors (Lipinski definition) is 5. The van der Waals surface area contributed by atoms with E-state index in [0.29, 0.717) is 23.7 Å². The molecule has 0 aliphatic rings. The lowest BCUT2D eigenvalue weighted by atomic mass is 10.2. The van der Waals surface area contributed by atoms with Crippen molar-refractivity contribution in [3.63, 3.8) is 0 Å². The Morgan fingerprint density at radius 3 is 2.48 bits per heavy atom. The predicted molar refractivity (Wildman–Crippen MR) is 122 cm³/mol. The molecule has 0 atom stereocenters. The Morgan fingerprint density at radius 2 is 1.76 bits per heavy atom. The van der Waals surface area contributed by atoms with Crippen LogP contribution in [0.5, 0.6) is 11.5 Å². The van der Waals surface area contributed by atoms with Crippen molar-refractivity contribution < 1.29 is 19.4 Å². The number of aryl methyl sites for hydroxylation is 2. The van der Waals surface area contributed by atoms with Crippen LogP contribution in [0.25, 0.3) is 0 Å². The lowest BCUT2D eigenvalue weighted by Gasteiger charge is -2.09. The third kappa shape index (κ3) is 4.77. The third-order valence-electron chi connectivity index (χ3n) is 5.11. The fourth-order valence-corrected chi connectivity index (χ4v) is 3.53. The van der Waals surface area contributed by atoms with Crippen LogP contribution in [0.3, 0.4) is 0 Å². The zero-order valence-corrected chi connectivity index (χ0v) is 18.4. The molecule has 9 heteroatoms. The van der Waals surface area contributed by atoms with Gasteiger partial charge in [0.2, 0.25) is 0 Å². The van der Waals surface area contributed by atoms with E-state index in [9.17, 15) is 14.7 Å². The summed E-state index contributed by atoms with van der Waals surface area (Å²) in [5.74, 6) is -0.347. The van der Waals surface area contributed by atoms with E-state index in [4.69, 9.17) is 4.74 Å². The minimum Gasteiger partial charge on any atom is -0.476 e. The highest BCUT2D eigenvalue weighted by molar-refractivity contribution is 6.10. The smallest absolute Gasteiger partial charge is 0.357 e. The minimum absolute atomic E-state index is 0.0117. The van der Waals surface area contributed by atoms with Crippen molar-refractivity contribution in [2.75, 3.05) is 5.32 Å². The molecule has 2 aromatic carbocycles. The SMILES string of the molecule is Cc1nn(Cc2cccc(Oc3ccccc3)c2)c(C)c1NC(=O)c1cn(C)nc1C(=O)O. The number of anilines is 1. The van der Waals surface area contributed by atoms with Gasteiger partial charge >= 0.3 is 5.97 Å². The standard InChI is InChI=1S/C24H23N5O4/c1-15-21(25-23(30)20-14-28(3)27-22(20)24(31)32)16(2)29(26-15)13-17-8-7-11-19(12-17)33-18-9-5-4-6-10-18/h4-12,14H,13H2,1-3H3,(H,25,30)(H,31,32). The van der Waals surface area contributed by atoms with Gasteiger partial charge in [-0.3, -0.25) is 14.2 Å². The van der Waals surface area contributed by atoms with Gasteiger partial charge in [0, 0.05) is 13.2 Å². The zero-order valence-electron chi connectivity index (χ0n) is 18.4. The average Bonchev–Trinajstić information content (AvgIpc) is 3.30. The average molecular weight is 445 g/mol. The van der Waals surface area contributed by atoms with Crippen LogP contribution in [0.2, 0.25) is 0 Å². The summed E-state index contributed by atoms with van der Waals surface area (Å²) >= 11 is 0. The Morgan fingerprint density at radius 1 is 1.03 bits per heavy atom. The second-order valence-electron chi connectivity index (χ2n) is 7.59. The first kappa shape index (κ1) is 21.8. The maximum absolute atomic E-state index is 12.8. The molecule has 0 fully saturated rings. The Labute approximate surface area is 190 Å². The number of carboxylic acids is 1. The molecule has 0 aliphatic carbocycles. The number of aromatic nitrogens is 4. The minimum atomic E-state index is -1.26. The maximum Gasteiger partial charge on any atom is 0.357 e. The number of benzene rings is 2. The highest BCUT2D eigenvalue weighted by atomic mass is 16.5. The highest BCUT2D eigenvalue weighted by Crippen LogP contribution is 2.25. The summed E-state index contributed by atoms with van der Waals surface area (Å²) in [4.78, 5) is 24.2. The van der Waals surface area contributed by atoms with Crippen molar-refractivity contribution in [3.05, 3.63) is 89.0 Å². The molecule has 2 N–H and O–H groups in total. The van der Waals surface area contributed by atoms with Crippen molar-refractivity contribution in [3.8, 4) is 11.5 Å². The molecule has 0 aliphatic heterocycles. The predicted octanol–water partition coefficient (Wildman–Crippen LogP) is 4.02. The lowest BCUT2D eigenvalue weighted by molar-refractivity contribution is 0.0685. The van der Waals surface area contributed by atoms with E-state index in [-0.39, 0.29) is 11.3 Å². The number of amides is 1. The molecule has 0 radical (unpaired) electrons. The van der Waals surface area contributed by atoms with Gasteiger partial charge in [0.15, 0.2) is 5.69 Å². The van der Waals surface area contributed by atoms with E-state index in [1.165, 1.54) is 10.9 Å². The summed E-state index contributed by atoms with van der Waals surface area (Å²) in [6.07, 6.45) is 1.38. The highest BCUT2D eigenvalue weighted by Gasteiger charge is 2.23. The van der Waals surface area contributed by atoms with Crippen LogP contribution in [0.15, 0.2) is 60.8 Å². The molecule has 0 saturated heterocycles. The summed E-state index contributed by atoms with van der Waals surface area (Å²) in [6, 6.07) is 17.2. The fourth-order valence-electron chi connectivity index (χ4n) is 3.53. The van der Waals surface area contributed by atoms with Gasteiger partial charge in [0.05, 0.1) is 29.2 Å². The molecule has 33 heavy (non-hydrogen) atoms. The molecular formula is C24H23N5O4. The van der Waals surface area contributed by atoms with E-state index >= 15 is 0 Å². The summed E-state index contributed by atoms with van der Waals surface area (Å²) in [5, 5.41) is 20.5. The molecule has 4 aromatic rings. The number of nitrogens with zero attached hydrogens (tertiary/aromatic N) is 4. The van der Waals surface area contributed by atoms with Crippen LogP contribution in [0.4, 0.5) is 5.69 Å². The van der Waals surface area contributed by atoms with Crippen molar-refractivity contribution in [2.24, 2.45) is 7.05 Å². The molecule has 0 bridgehead atoms. The number of carbonyl (C=O) groups excluding carboxylic acids is 1. The molecule has 0 spiro atoms. The number of nitrogens with one attached hydrogen (secondary N) is 1. The monoisotopic (exact) mass is 445 g/mol. The molecular weight excluding hydrogens is 422 g/mol. The van der Waals surface area contributed by atoms with Gasteiger partial charge in [0.25, 0.3) is 5.91 Å². The van der Waals surface area contributed by atoms with Gasteiger partial charge in [-0.2, -0.15) is 10.2 Å². The fraction of sp³-hybridized carbons (Fsp3) is 0.167. The van der Waals surface area contributed by atoms with Crippen molar-refractivity contribution in [2.45, 2.75) is 20.4 Å². The van der Waals surface area contributed by atoms with E-state index in [0.717, 1.165) is 17.0 Å². The second kappa shape index (κ2) is 8.99. The molecule has 168 valence electrons. The number of para-hydroxylation sites is 1. The van der Waals surface area contributed by atoms with Crippen LogP contribution >= 0.6 is 0 Å². The van der Waals surface area contributed by atoms with E-state index in [1.807, 2.05) is 61.5 Å². The normalized spacial score (nSPS) is 10.8. The number of aromatic carboxylic acids is 1. The number of carboxylic acid groups (broad SMARTS) is 1. The number of hydrogen-bond donors (Lipinski definition) is 2. The quantitative estimate of drug-likeness (QED) is 0.444. The number of ether oxygens (including phenoxy) is 1. The topological polar surface area (TPSA) is 111 Å². The molecule has 0 unspecified atom stereocenters. The van der Waals surface area contributed by atoms with Gasteiger partial charge in [-0.15, -0.1) is 0 Å². The van der Waals surface area contributed by atoms with Crippen molar-refractivity contribution >= 4 is 17.6 Å². The Bertz CT molecular complexity index is 1320. The van der Waals surface area contributed by atoms with Crippen molar-refractivity contribution in [1.82, 2.24) is 19.6 Å². The van der Waals surface area contributed by atoms with Crippen LogP contribution in [-0.4, -0.2) is 36.5 Å². The van der Waals surface area contributed by atoms with Crippen molar-refractivity contribution in [1.29, 1.82) is 0 Å². The third-order valence-corrected chi connectivity index (χ3v) is 5.11. The van der Waals surface area contributed by atoms with Crippen LogP contribution in [-0.2, 0) is 13.6 Å².